The Morgan fingerprint density at radius 2 is 2.24 bits per heavy atom. The molecule has 0 saturated carbocycles. The van der Waals surface area contributed by atoms with Gasteiger partial charge in [0.05, 0.1) is 6.54 Å². The summed E-state index contributed by atoms with van der Waals surface area (Å²) in [6, 6.07) is 0. The largest absolute Gasteiger partial charge is 0.385 e. The molecule has 1 amide bonds. The van der Waals surface area contributed by atoms with Crippen LogP contribution in [0.1, 0.15) is 19.3 Å². The van der Waals surface area contributed by atoms with Crippen LogP contribution in [-0.4, -0.2) is 63.8 Å². The first-order chi connectivity index (χ1) is 8.33. The lowest BCUT2D eigenvalue weighted by molar-refractivity contribution is -0.122. The number of carbonyl (C=O) groups excluding carboxylic acids is 1. The van der Waals surface area contributed by atoms with Gasteiger partial charge in [0.2, 0.25) is 5.91 Å². The van der Waals surface area contributed by atoms with E-state index in [0.717, 1.165) is 58.6 Å². The van der Waals surface area contributed by atoms with Crippen molar-refractivity contribution < 1.29 is 9.53 Å². The Labute approximate surface area is 104 Å². The third-order valence-corrected chi connectivity index (χ3v) is 2.90. The number of methoxy groups -OCH3 is 1. The van der Waals surface area contributed by atoms with Gasteiger partial charge in [-0.25, -0.2) is 0 Å². The van der Waals surface area contributed by atoms with E-state index in [9.17, 15) is 4.79 Å². The van der Waals surface area contributed by atoms with Crippen molar-refractivity contribution in [1.29, 1.82) is 0 Å². The highest BCUT2D eigenvalue weighted by Gasteiger charge is 2.11. The normalized spacial score (nSPS) is 17.7. The molecule has 1 heterocycles. The first-order valence-corrected chi connectivity index (χ1v) is 6.51. The van der Waals surface area contributed by atoms with Crippen molar-refractivity contribution in [2.75, 3.05) is 53.0 Å². The van der Waals surface area contributed by atoms with Gasteiger partial charge in [-0.1, -0.05) is 0 Å². The Hall–Kier alpha value is -0.650. The maximum absolute atomic E-state index is 11.7. The Balaban J connectivity index is 2.03. The van der Waals surface area contributed by atoms with Gasteiger partial charge in [-0.15, -0.1) is 0 Å². The highest BCUT2D eigenvalue weighted by molar-refractivity contribution is 5.77. The van der Waals surface area contributed by atoms with Gasteiger partial charge < -0.3 is 15.4 Å². The number of rotatable bonds is 7. The molecule has 100 valence electrons. The Morgan fingerprint density at radius 1 is 1.35 bits per heavy atom. The number of hydrogen-bond donors (Lipinski definition) is 2. The highest BCUT2D eigenvalue weighted by Crippen LogP contribution is 1.94. The van der Waals surface area contributed by atoms with Gasteiger partial charge in [0.25, 0.3) is 0 Å². The van der Waals surface area contributed by atoms with E-state index in [1.165, 1.54) is 0 Å². The van der Waals surface area contributed by atoms with Crippen LogP contribution in [0.2, 0.25) is 0 Å². The van der Waals surface area contributed by atoms with Crippen LogP contribution in [0.3, 0.4) is 0 Å². The third kappa shape index (κ3) is 7.31. The zero-order valence-electron chi connectivity index (χ0n) is 10.8. The lowest BCUT2D eigenvalue weighted by Crippen LogP contribution is -2.39. The molecule has 0 aliphatic carbocycles. The zero-order valence-corrected chi connectivity index (χ0v) is 10.8. The van der Waals surface area contributed by atoms with E-state index in [1.807, 2.05) is 0 Å². The summed E-state index contributed by atoms with van der Waals surface area (Å²) in [6.45, 7) is 6.10. The molecule has 17 heavy (non-hydrogen) atoms. The van der Waals surface area contributed by atoms with E-state index in [0.29, 0.717) is 6.54 Å². The lowest BCUT2D eigenvalue weighted by Gasteiger charge is -2.18. The van der Waals surface area contributed by atoms with E-state index in [4.69, 9.17) is 4.74 Å². The predicted molar refractivity (Wildman–Crippen MR) is 68.0 cm³/mol. The predicted octanol–water partition coefficient (Wildman–Crippen LogP) is -0.175. The first kappa shape index (κ1) is 14.4. The molecule has 0 aromatic carbocycles. The van der Waals surface area contributed by atoms with Crippen molar-refractivity contribution in [3.05, 3.63) is 0 Å². The van der Waals surface area contributed by atoms with E-state index in [-0.39, 0.29) is 5.91 Å². The van der Waals surface area contributed by atoms with Crippen molar-refractivity contribution in [2.24, 2.45) is 0 Å². The Bertz CT molecular complexity index is 204. The SMILES string of the molecule is COCCCCNC(=O)CN1CCCNCC1. The molecule has 0 radical (unpaired) electrons. The molecule has 0 unspecified atom stereocenters. The average Bonchev–Trinajstić information content (AvgIpc) is 2.57. The van der Waals surface area contributed by atoms with Crippen LogP contribution in [0, 0.1) is 0 Å². The fourth-order valence-electron chi connectivity index (χ4n) is 1.92. The molecule has 1 rings (SSSR count). The minimum absolute atomic E-state index is 0.143. The topological polar surface area (TPSA) is 53.6 Å². The summed E-state index contributed by atoms with van der Waals surface area (Å²) < 4.78 is 4.96. The Kier molecular flexibility index (Phi) is 7.96. The van der Waals surface area contributed by atoms with Crippen molar-refractivity contribution in [3.63, 3.8) is 0 Å². The van der Waals surface area contributed by atoms with Crippen LogP contribution < -0.4 is 10.6 Å². The molecule has 0 spiro atoms. The van der Waals surface area contributed by atoms with E-state index >= 15 is 0 Å². The number of hydrogen-bond acceptors (Lipinski definition) is 4. The standard InChI is InChI=1S/C12H25N3O2/c1-17-10-3-2-6-14-12(16)11-15-8-4-5-13-7-9-15/h13H,2-11H2,1H3,(H,14,16). The maximum Gasteiger partial charge on any atom is 0.234 e. The van der Waals surface area contributed by atoms with Gasteiger partial charge >= 0.3 is 0 Å². The lowest BCUT2D eigenvalue weighted by atomic mass is 10.3. The molecule has 0 atom stereocenters. The van der Waals surface area contributed by atoms with Crippen molar-refractivity contribution >= 4 is 5.91 Å². The Morgan fingerprint density at radius 3 is 3.06 bits per heavy atom. The molecule has 0 aromatic rings. The summed E-state index contributed by atoms with van der Waals surface area (Å²) in [4.78, 5) is 13.9. The molecule has 5 nitrogen and oxygen atoms in total. The number of nitrogens with one attached hydrogen (secondary N) is 2. The van der Waals surface area contributed by atoms with Crippen molar-refractivity contribution in [3.8, 4) is 0 Å². The number of carbonyl (C=O) groups is 1. The van der Waals surface area contributed by atoms with Crippen LogP contribution in [0.4, 0.5) is 0 Å². The summed E-state index contributed by atoms with van der Waals surface area (Å²) in [7, 11) is 1.70. The average molecular weight is 243 g/mol. The van der Waals surface area contributed by atoms with Crippen molar-refractivity contribution in [1.82, 2.24) is 15.5 Å². The summed E-state index contributed by atoms with van der Waals surface area (Å²) in [5.74, 6) is 0.143. The van der Waals surface area contributed by atoms with E-state index in [1.54, 1.807) is 7.11 Å². The molecule has 5 heteroatoms. The second-order valence-corrected chi connectivity index (χ2v) is 4.43. The number of nitrogens with zero attached hydrogens (tertiary/aromatic N) is 1. The molecule has 1 aliphatic heterocycles. The monoisotopic (exact) mass is 243 g/mol. The maximum atomic E-state index is 11.7. The minimum Gasteiger partial charge on any atom is -0.385 e. The summed E-state index contributed by atoms with van der Waals surface area (Å²) >= 11 is 0. The molecule has 2 N–H and O–H groups in total. The van der Waals surface area contributed by atoms with Crippen LogP contribution >= 0.6 is 0 Å². The van der Waals surface area contributed by atoms with E-state index < -0.39 is 0 Å². The van der Waals surface area contributed by atoms with E-state index in [2.05, 4.69) is 15.5 Å². The fraction of sp³-hybridized carbons (Fsp3) is 0.917. The van der Waals surface area contributed by atoms with Crippen LogP contribution in [0.5, 0.6) is 0 Å². The highest BCUT2D eigenvalue weighted by atomic mass is 16.5. The molecule has 0 bridgehead atoms. The first-order valence-electron chi connectivity index (χ1n) is 6.51. The summed E-state index contributed by atoms with van der Waals surface area (Å²) in [5.41, 5.74) is 0. The number of unbranched alkanes of at least 4 members (excludes halogenated alkanes) is 1. The van der Waals surface area contributed by atoms with Gasteiger partial charge in [0.15, 0.2) is 0 Å². The van der Waals surface area contributed by atoms with Gasteiger partial charge in [-0.2, -0.15) is 0 Å². The van der Waals surface area contributed by atoms with Gasteiger partial charge in [-0.05, 0) is 32.4 Å². The molecular formula is C12H25N3O2. The fourth-order valence-corrected chi connectivity index (χ4v) is 1.92. The molecular weight excluding hydrogens is 218 g/mol. The zero-order chi connectivity index (χ0) is 12.3. The van der Waals surface area contributed by atoms with Crippen LogP contribution in [-0.2, 0) is 9.53 Å². The minimum atomic E-state index is 0.143. The summed E-state index contributed by atoms with van der Waals surface area (Å²) in [5, 5.41) is 6.28. The molecule has 1 saturated heterocycles. The van der Waals surface area contributed by atoms with Crippen molar-refractivity contribution in [2.45, 2.75) is 19.3 Å². The number of amides is 1. The molecule has 0 aromatic heterocycles. The summed E-state index contributed by atoms with van der Waals surface area (Å²) in [6.07, 6.45) is 3.12. The number of ether oxygens (including phenoxy) is 1. The molecule has 1 fully saturated rings. The van der Waals surface area contributed by atoms with Crippen LogP contribution in [0.15, 0.2) is 0 Å². The second-order valence-electron chi connectivity index (χ2n) is 4.43. The third-order valence-electron chi connectivity index (χ3n) is 2.90. The van der Waals surface area contributed by atoms with Gasteiger partial charge in [-0.3, -0.25) is 9.69 Å². The van der Waals surface area contributed by atoms with Gasteiger partial charge in [0, 0.05) is 33.4 Å². The van der Waals surface area contributed by atoms with Gasteiger partial charge in [0.1, 0.15) is 0 Å². The van der Waals surface area contributed by atoms with Crippen LogP contribution in [0.25, 0.3) is 0 Å². The quantitative estimate of drug-likeness (QED) is 0.609. The second kappa shape index (κ2) is 9.39. The molecule has 1 aliphatic rings. The smallest absolute Gasteiger partial charge is 0.234 e.